The van der Waals surface area contributed by atoms with E-state index in [0.717, 1.165) is 5.69 Å². The van der Waals surface area contributed by atoms with Gasteiger partial charge in [-0.2, -0.15) is 5.26 Å². The summed E-state index contributed by atoms with van der Waals surface area (Å²) in [4.78, 5) is 20.3. The highest BCUT2D eigenvalue weighted by Gasteiger charge is 2.11. The van der Waals surface area contributed by atoms with Crippen molar-refractivity contribution in [1.82, 2.24) is 9.97 Å². The summed E-state index contributed by atoms with van der Waals surface area (Å²) in [5, 5.41) is 11.6. The minimum Gasteiger partial charge on any atom is -0.319 e. The van der Waals surface area contributed by atoms with Crippen molar-refractivity contribution in [2.24, 2.45) is 0 Å². The van der Waals surface area contributed by atoms with E-state index in [1.807, 2.05) is 6.07 Å². The van der Waals surface area contributed by atoms with Crippen LogP contribution in [0, 0.1) is 25.2 Å². The van der Waals surface area contributed by atoms with Crippen molar-refractivity contribution in [2.75, 3.05) is 5.32 Å². The largest absolute Gasteiger partial charge is 0.319 e. The Morgan fingerprint density at radius 2 is 2.00 bits per heavy atom. The van der Waals surface area contributed by atoms with Crippen LogP contribution in [0.4, 0.5) is 5.69 Å². The van der Waals surface area contributed by atoms with Crippen molar-refractivity contribution in [3.63, 3.8) is 0 Å². The third-order valence-corrected chi connectivity index (χ3v) is 2.49. The number of para-hydroxylation sites is 1. The van der Waals surface area contributed by atoms with E-state index in [4.69, 9.17) is 5.26 Å². The smallest absolute Gasteiger partial charge is 0.274 e. The number of carbonyl (C=O) groups excluding carboxylic acids is 1. The summed E-state index contributed by atoms with van der Waals surface area (Å²) >= 11 is 0. The second-order valence-corrected chi connectivity index (χ2v) is 4.05. The normalized spacial score (nSPS) is 9.74. The average molecular weight is 252 g/mol. The number of benzene rings is 1. The number of nitriles is 1. The van der Waals surface area contributed by atoms with Gasteiger partial charge in [0.1, 0.15) is 17.6 Å². The number of aryl methyl sites for hydroxylation is 2. The summed E-state index contributed by atoms with van der Waals surface area (Å²) in [7, 11) is 0. The monoisotopic (exact) mass is 252 g/mol. The van der Waals surface area contributed by atoms with Crippen molar-refractivity contribution in [3.8, 4) is 6.07 Å². The number of nitrogens with one attached hydrogen (secondary N) is 1. The van der Waals surface area contributed by atoms with Crippen LogP contribution >= 0.6 is 0 Å². The van der Waals surface area contributed by atoms with Gasteiger partial charge in [-0.1, -0.05) is 12.1 Å². The maximum absolute atomic E-state index is 12.1. The summed E-state index contributed by atoms with van der Waals surface area (Å²) in [6.07, 6.45) is 0. The molecule has 0 atom stereocenters. The summed E-state index contributed by atoms with van der Waals surface area (Å²) in [5.41, 5.74) is 1.91. The molecule has 1 aromatic carbocycles. The standard InChI is InChI=1S/C14H12N4O/c1-9-7-13(17-10(2)16-9)14(19)18-12-6-4-3-5-11(12)8-15/h3-7H,1-2H3,(H,18,19). The molecule has 5 nitrogen and oxygen atoms in total. The Bertz CT molecular complexity index is 653. The van der Waals surface area contributed by atoms with Gasteiger partial charge in [-0.25, -0.2) is 9.97 Å². The molecule has 1 heterocycles. The molecule has 19 heavy (non-hydrogen) atoms. The van der Waals surface area contributed by atoms with Crippen molar-refractivity contribution >= 4 is 11.6 Å². The fourth-order valence-corrected chi connectivity index (χ4v) is 1.71. The predicted octanol–water partition coefficient (Wildman–Crippen LogP) is 2.22. The van der Waals surface area contributed by atoms with E-state index in [2.05, 4.69) is 15.3 Å². The molecule has 0 fully saturated rings. The van der Waals surface area contributed by atoms with E-state index in [-0.39, 0.29) is 11.6 Å². The molecule has 0 saturated carbocycles. The highest BCUT2D eigenvalue weighted by Crippen LogP contribution is 2.14. The molecule has 0 saturated heterocycles. The average Bonchev–Trinajstić information content (AvgIpc) is 2.38. The Balaban J connectivity index is 2.29. The molecule has 0 spiro atoms. The SMILES string of the molecule is Cc1cc(C(=O)Nc2ccccc2C#N)nc(C)n1. The summed E-state index contributed by atoms with van der Waals surface area (Å²) in [6, 6.07) is 10.5. The van der Waals surface area contributed by atoms with Gasteiger partial charge in [-0.15, -0.1) is 0 Å². The zero-order valence-electron chi connectivity index (χ0n) is 10.6. The van der Waals surface area contributed by atoms with E-state index >= 15 is 0 Å². The number of rotatable bonds is 2. The number of carbonyl (C=O) groups is 1. The molecular formula is C14H12N4O. The first-order chi connectivity index (χ1) is 9.10. The quantitative estimate of drug-likeness (QED) is 0.888. The van der Waals surface area contributed by atoms with Gasteiger partial charge in [0.15, 0.2) is 0 Å². The van der Waals surface area contributed by atoms with Crippen LogP contribution in [0.5, 0.6) is 0 Å². The molecule has 1 amide bonds. The Labute approximate surface area is 110 Å². The highest BCUT2D eigenvalue weighted by atomic mass is 16.1. The van der Waals surface area contributed by atoms with Crippen LogP contribution in [0.1, 0.15) is 27.6 Å². The van der Waals surface area contributed by atoms with E-state index in [9.17, 15) is 4.79 Å². The van der Waals surface area contributed by atoms with Crippen molar-refractivity contribution in [3.05, 3.63) is 53.1 Å². The Morgan fingerprint density at radius 3 is 2.68 bits per heavy atom. The molecule has 0 aliphatic carbocycles. The maximum Gasteiger partial charge on any atom is 0.274 e. The topological polar surface area (TPSA) is 78.7 Å². The van der Waals surface area contributed by atoms with E-state index in [0.29, 0.717) is 17.1 Å². The zero-order chi connectivity index (χ0) is 13.8. The molecular weight excluding hydrogens is 240 g/mol. The summed E-state index contributed by atoms with van der Waals surface area (Å²) in [6.45, 7) is 3.53. The summed E-state index contributed by atoms with van der Waals surface area (Å²) < 4.78 is 0. The second kappa shape index (κ2) is 5.27. The van der Waals surface area contributed by atoms with Crippen LogP contribution < -0.4 is 5.32 Å². The molecule has 0 bridgehead atoms. The number of hydrogen-bond donors (Lipinski definition) is 1. The molecule has 0 aliphatic heterocycles. The van der Waals surface area contributed by atoms with Gasteiger partial charge in [0.2, 0.25) is 0 Å². The lowest BCUT2D eigenvalue weighted by molar-refractivity contribution is 0.102. The molecule has 1 N–H and O–H groups in total. The predicted molar refractivity (Wildman–Crippen MR) is 70.6 cm³/mol. The molecule has 5 heteroatoms. The number of aromatic nitrogens is 2. The zero-order valence-corrected chi connectivity index (χ0v) is 10.6. The van der Waals surface area contributed by atoms with Crippen LogP contribution in [0.15, 0.2) is 30.3 Å². The fraction of sp³-hybridized carbons (Fsp3) is 0.143. The van der Waals surface area contributed by atoms with Crippen LogP contribution in [0.25, 0.3) is 0 Å². The lowest BCUT2D eigenvalue weighted by atomic mass is 10.2. The van der Waals surface area contributed by atoms with Gasteiger partial charge >= 0.3 is 0 Å². The van der Waals surface area contributed by atoms with E-state index in [1.165, 1.54) is 0 Å². The van der Waals surface area contributed by atoms with Crippen LogP contribution in [-0.4, -0.2) is 15.9 Å². The summed E-state index contributed by atoms with van der Waals surface area (Å²) in [5.74, 6) is 0.190. The maximum atomic E-state index is 12.1. The lowest BCUT2D eigenvalue weighted by Crippen LogP contribution is -2.15. The first-order valence-corrected chi connectivity index (χ1v) is 5.73. The molecule has 0 radical (unpaired) electrons. The van der Waals surface area contributed by atoms with Crippen LogP contribution in [-0.2, 0) is 0 Å². The van der Waals surface area contributed by atoms with Gasteiger partial charge in [0.05, 0.1) is 11.3 Å². The van der Waals surface area contributed by atoms with Crippen LogP contribution in [0.2, 0.25) is 0 Å². The highest BCUT2D eigenvalue weighted by molar-refractivity contribution is 6.03. The van der Waals surface area contributed by atoms with Gasteiger partial charge in [0, 0.05) is 5.69 Å². The van der Waals surface area contributed by atoms with Crippen molar-refractivity contribution < 1.29 is 4.79 Å². The number of hydrogen-bond acceptors (Lipinski definition) is 4. The minimum absolute atomic E-state index is 0.290. The molecule has 1 aromatic heterocycles. The van der Waals surface area contributed by atoms with Gasteiger partial charge in [0.25, 0.3) is 5.91 Å². The first-order valence-electron chi connectivity index (χ1n) is 5.73. The molecule has 2 aromatic rings. The van der Waals surface area contributed by atoms with Crippen molar-refractivity contribution in [2.45, 2.75) is 13.8 Å². The Hall–Kier alpha value is -2.74. The Morgan fingerprint density at radius 1 is 1.26 bits per heavy atom. The van der Waals surface area contributed by atoms with Gasteiger partial charge in [-0.05, 0) is 32.0 Å². The minimum atomic E-state index is -0.351. The van der Waals surface area contributed by atoms with Gasteiger partial charge < -0.3 is 5.32 Å². The van der Waals surface area contributed by atoms with Crippen LogP contribution in [0.3, 0.4) is 0 Å². The first kappa shape index (κ1) is 12.7. The molecule has 0 aliphatic rings. The number of amides is 1. The lowest BCUT2D eigenvalue weighted by Gasteiger charge is -2.07. The number of nitrogens with zero attached hydrogens (tertiary/aromatic N) is 3. The second-order valence-electron chi connectivity index (χ2n) is 4.05. The molecule has 0 unspecified atom stereocenters. The molecule has 94 valence electrons. The Kier molecular flexibility index (Phi) is 3.53. The van der Waals surface area contributed by atoms with E-state index in [1.54, 1.807) is 44.2 Å². The van der Waals surface area contributed by atoms with Gasteiger partial charge in [-0.3, -0.25) is 4.79 Å². The third kappa shape index (κ3) is 2.93. The third-order valence-electron chi connectivity index (χ3n) is 2.49. The van der Waals surface area contributed by atoms with E-state index < -0.39 is 0 Å². The fourth-order valence-electron chi connectivity index (χ4n) is 1.71. The number of anilines is 1. The van der Waals surface area contributed by atoms with Crippen molar-refractivity contribution in [1.29, 1.82) is 5.26 Å². The molecule has 2 rings (SSSR count).